The second-order valence-corrected chi connectivity index (χ2v) is 4.80. The lowest BCUT2D eigenvalue weighted by atomic mass is 10.1. The highest BCUT2D eigenvalue weighted by Gasteiger charge is 2.09. The number of hydrogen-bond acceptors (Lipinski definition) is 3. The lowest BCUT2D eigenvalue weighted by Crippen LogP contribution is -2.23. The van der Waals surface area contributed by atoms with Gasteiger partial charge in [-0.05, 0) is 23.6 Å². The molecule has 0 aliphatic rings. The van der Waals surface area contributed by atoms with Gasteiger partial charge in [-0.25, -0.2) is 0 Å². The molecular weight excluding hydrogens is 258 g/mol. The summed E-state index contributed by atoms with van der Waals surface area (Å²) in [6.45, 7) is 0.295. The summed E-state index contributed by atoms with van der Waals surface area (Å²) in [5.41, 5.74) is 1.15. The molecule has 1 aromatic heterocycles. The first-order valence-electron chi connectivity index (χ1n) is 5.80. The van der Waals surface area contributed by atoms with E-state index in [0.717, 1.165) is 4.88 Å². The van der Waals surface area contributed by atoms with Crippen molar-refractivity contribution in [2.75, 3.05) is 6.61 Å². The summed E-state index contributed by atoms with van der Waals surface area (Å²) in [6, 6.07) is 11.0. The second kappa shape index (κ2) is 6.74. The van der Waals surface area contributed by atoms with Crippen molar-refractivity contribution in [3.63, 3.8) is 0 Å². The zero-order chi connectivity index (χ0) is 13.5. The number of carbonyl (C=O) groups excluding carboxylic acids is 1. The summed E-state index contributed by atoms with van der Waals surface area (Å²) in [4.78, 5) is 13.2. The third kappa shape index (κ3) is 3.68. The summed E-state index contributed by atoms with van der Waals surface area (Å²) in [5.74, 6) is 5.18. The monoisotopic (exact) mass is 271 g/mol. The minimum absolute atomic E-state index is 0.156. The molecule has 1 heterocycles. The van der Waals surface area contributed by atoms with Crippen LogP contribution in [0.25, 0.3) is 0 Å². The molecule has 0 unspecified atom stereocenters. The molecule has 0 saturated carbocycles. The largest absolute Gasteiger partial charge is 0.384 e. The average molecular weight is 271 g/mol. The van der Waals surface area contributed by atoms with E-state index in [9.17, 15) is 4.79 Å². The minimum atomic E-state index is -0.217. The standard InChI is InChI=1S/C15H13NO2S/c17-9-3-6-12-5-1-2-8-14(12)15(18)16-11-13-7-4-10-19-13/h1-2,4-5,7-8,10,17H,9,11H2,(H,16,18). The Morgan fingerprint density at radius 1 is 1.26 bits per heavy atom. The highest BCUT2D eigenvalue weighted by molar-refractivity contribution is 7.09. The third-order valence-corrected chi connectivity index (χ3v) is 3.35. The molecule has 0 spiro atoms. The Balaban J connectivity index is 2.10. The number of hydrogen-bond donors (Lipinski definition) is 2. The fraction of sp³-hybridized carbons (Fsp3) is 0.133. The third-order valence-electron chi connectivity index (χ3n) is 2.48. The van der Waals surface area contributed by atoms with Crippen LogP contribution in [-0.2, 0) is 6.54 Å². The van der Waals surface area contributed by atoms with E-state index in [-0.39, 0.29) is 12.5 Å². The van der Waals surface area contributed by atoms with Gasteiger partial charge >= 0.3 is 0 Å². The maximum absolute atomic E-state index is 12.1. The molecule has 0 aliphatic heterocycles. The van der Waals surface area contributed by atoms with E-state index in [0.29, 0.717) is 17.7 Å². The first kappa shape index (κ1) is 13.3. The maximum atomic E-state index is 12.1. The molecule has 19 heavy (non-hydrogen) atoms. The normalized spacial score (nSPS) is 9.53. The van der Waals surface area contributed by atoms with Crippen LogP contribution in [0.4, 0.5) is 0 Å². The van der Waals surface area contributed by atoms with Crippen LogP contribution in [0.1, 0.15) is 20.8 Å². The van der Waals surface area contributed by atoms with Gasteiger partial charge < -0.3 is 10.4 Å². The highest BCUT2D eigenvalue weighted by Crippen LogP contribution is 2.10. The summed E-state index contributed by atoms with van der Waals surface area (Å²) >= 11 is 1.60. The second-order valence-electron chi connectivity index (χ2n) is 3.77. The van der Waals surface area contributed by atoms with E-state index in [1.807, 2.05) is 23.6 Å². The Labute approximate surface area is 115 Å². The lowest BCUT2D eigenvalue weighted by Gasteiger charge is -2.05. The van der Waals surface area contributed by atoms with Gasteiger partial charge in [0, 0.05) is 10.4 Å². The van der Waals surface area contributed by atoms with Crippen LogP contribution in [0.5, 0.6) is 0 Å². The van der Waals surface area contributed by atoms with Gasteiger partial charge in [-0.3, -0.25) is 4.79 Å². The van der Waals surface area contributed by atoms with Gasteiger partial charge in [0.1, 0.15) is 6.61 Å². The molecule has 4 heteroatoms. The van der Waals surface area contributed by atoms with E-state index in [2.05, 4.69) is 17.2 Å². The van der Waals surface area contributed by atoms with Crippen molar-refractivity contribution < 1.29 is 9.90 Å². The van der Waals surface area contributed by atoms with Gasteiger partial charge in [-0.2, -0.15) is 0 Å². The van der Waals surface area contributed by atoms with Crippen molar-refractivity contribution >= 4 is 17.2 Å². The first-order valence-corrected chi connectivity index (χ1v) is 6.68. The van der Waals surface area contributed by atoms with E-state index in [1.165, 1.54) is 0 Å². The van der Waals surface area contributed by atoms with Crippen LogP contribution in [0.3, 0.4) is 0 Å². The number of rotatable bonds is 3. The van der Waals surface area contributed by atoms with Crippen molar-refractivity contribution in [1.29, 1.82) is 0 Å². The topological polar surface area (TPSA) is 49.3 Å². The maximum Gasteiger partial charge on any atom is 0.252 e. The molecule has 0 bridgehead atoms. The van der Waals surface area contributed by atoms with Gasteiger partial charge in [0.15, 0.2) is 0 Å². The smallest absolute Gasteiger partial charge is 0.252 e. The van der Waals surface area contributed by atoms with Crippen LogP contribution in [-0.4, -0.2) is 17.6 Å². The molecule has 0 radical (unpaired) electrons. The number of thiophene rings is 1. The number of aliphatic hydroxyl groups is 1. The van der Waals surface area contributed by atoms with Crippen molar-refractivity contribution in [2.24, 2.45) is 0 Å². The van der Waals surface area contributed by atoms with Gasteiger partial charge in [-0.15, -0.1) is 11.3 Å². The number of aliphatic hydroxyl groups excluding tert-OH is 1. The highest BCUT2D eigenvalue weighted by atomic mass is 32.1. The Bertz CT molecular complexity index is 609. The molecule has 3 nitrogen and oxygen atoms in total. The van der Waals surface area contributed by atoms with E-state index in [1.54, 1.807) is 29.5 Å². The van der Waals surface area contributed by atoms with Crippen molar-refractivity contribution in [1.82, 2.24) is 5.32 Å². The van der Waals surface area contributed by atoms with Gasteiger partial charge in [0.2, 0.25) is 0 Å². The predicted octanol–water partition coefficient (Wildman–Crippen LogP) is 2.02. The number of nitrogens with one attached hydrogen (secondary N) is 1. The van der Waals surface area contributed by atoms with Crippen LogP contribution < -0.4 is 5.32 Å². The van der Waals surface area contributed by atoms with Crippen LogP contribution >= 0.6 is 11.3 Å². The van der Waals surface area contributed by atoms with Crippen LogP contribution in [0.2, 0.25) is 0 Å². The molecule has 2 aromatic rings. The molecule has 2 N–H and O–H groups in total. The average Bonchev–Trinajstić information content (AvgIpc) is 2.96. The molecule has 96 valence electrons. The quantitative estimate of drug-likeness (QED) is 0.839. The lowest BCUT2D eigenvalue weighted by molar-refractivity contribution is 0.0951. The fourth-order valence-electron chi connectivity index (χ4n) is 1.60. The Morgan fingerprint density at radius 3 is 2.84 bits per heavy atom. The fourth-order valence-corrected chi connectivity index (χ4v) is 2.25. The van der Waals surface area contributed by atoms with E-state index in [4.69, 9.17) is 5.11 Å². The molecule has 0 atom stereocenters. The van der Waals surface area contributed by atoms with Gasteiger partial charge in [0.25, 0.3) is 5.91 Å². The van der Waals surface area contributed by atoms with E-state index < -0.39 is 0 Å². The molecular formula is C15H13NO2S. The first-order chi connectivity index (χ1) is 9.31. The van der Waals surface area contributed by atoms with Crippen molar-refractivity contribution in [3.8, 4) is 11.8 Å². The zero-order valence-electron chi connectivity index (χ0n) is 10.2. The number of benzene rings is 1. The molecule has 0 fully saturated rings. The molecule has 2 rings (SSSR count). The Hall–Kier alpha value is -2.09. The van der Waals surface area contributed by atoms with Gasteiger partial charge in [-0.1, -0.05) is 30.0 Å². The Kier molecular flexibility index (Phi) is 4.73. The summed E-state index contributed by atoms with van der Waals surface area (Å²) in [5, 5.41) is 13.5. The van der Waals surface area contributed by atoms with Crippen LogP contribution in [0.15, 0.2) is 41.8 Å². The number of carbonyl (C=O) groups is 1. The minimum Gasteiger partial charge on any atom is -0.384 e. The SMILES string of the molecule is O=C(NCc1cccs1)c1ccccc1C#CCO. The molecule has 1 aromatic carbocycles. The van der Waals surface area contributed by atoms with Crippen molar-refractivity contribution in [3.05, 3.63) is 57.8 Å². The number of amides is 1. The zero-order valence-corrected chi connectivity index (χ0v) is 11.0. The molecule has 0 saturated heterocycles. The summed E-state index contributed by atoms with van der Waals surface area (Å²) < 4.78 is 0. The van der Waals surface area contributed by atoms with Crippen molar-refractivity contribution in [2.45, 2.75) is 6.54 Å². The summed E-state index contributed by atoms with van der Waals surface area (Å²) in [6.07, 6.45) is 0. The molecule has 1 amide bonds. The van der Waals surface area contributed by atoms with Crippen LogP contribution in [0, 0.1) is 11.8 Å². The summed E-state index contributed by atoms with van der Waals surface area (Å²) in [7, 11) is 0. The van der Waals surface area contributed by atoms with E-state index >= 15 is 0 Å². The molecule has 0 aliphatic carbocycles. The predicted molar refractivity (Wildman–Crippen MR) is 75.9 cm³/mol. The Morgan fingerprint density at radius 2 is 2.11 bits per heavy atom. The van der Waals surface area contributed by atoms with Gasteiger partial charge in [0.05, 0.1) is 12.1 Å².